The molecule has 0 unspecified atom stereocenters. The first-order chi connectivity index (χ1) is 13.6. The fourth-order valence-corrected chi connectivity index (χ4v) is 2.83. The minimum absolute atomic E-state index is 0.222. The van der Waals surface area contributed by atoms with Gasteiger partial charge in [-0.1, -0.05) is 35.9 Å². The third kappa shape index (κ3) is 6.03. The van der Waals surface area contributed by atoms with Crippen molar-refractivity contribution in [3.8, 4) is 0 Å². The number of nitrogens with one attached hydrogen (secondary N) is 2. The van der Waals surface area contributed by atoms with Gasteiger partial charge in [-0.05, 0) is 48.2 Å². The maximum Gasteiger partial charge on any atom is 0.254 e. The van der Waals surface area contributed by atoms with Crippen molar-refractivity contribution >= 4 is 23.5 Å². The van der Waals surface area contributed by atoms with Gasteiger partial charge in [0.2, 0.25) is 5.95 Å². The van der Waals surface area contributed by atoms with E-state index in [0.717, 1.165) is 17.5 Å². The molecular formula is C21H20ClFN4O. The second-order valence-electron chi connectivity index (χ2n) is 6.23. The summed E-state index contributed by atoms with van der Waals surface area (Å²) in [5, 5.41) is 6.61. The summed E-state index contributed by atoms with van der Waals surface area (Å²) in [6.45, 7) is 1.10. The first-order valence-electron chi connectivity index (χ1n) is 8.93. The Kier molecular flexibility index (Phi) is 6.92. The lowest BCUT2D eigenvalue weighted by Crippen LogP contribution is -2.26. The molecule has 2 aromatic carbocycles. The van der Waals surface area contributed by atoms with Crippen molar-refractivity contribution in [1.82, 2.24) is 15.3 Å². The zero-order valence-electron chi connectivity index (χ0n) is 15.2. The quantitative estimate of drug-likeness (QED) is 0.604. The minimum atomic E-state index is -0.249. The molecule has 5 nitrogen and oxygen atoms in total. The number of hydrogen-bond donors (Lipinski definition) is 2. The Balaban J connectivity index is 1.42. The van der Waals surface area contributed by atoms with Crippen LogP contribution in [-0.2, 0) is 12.8 Å². The van der Waals surface area contributed by atoms with Gasteiger partial charge in [0.15, 0.2) is 0 Å². The molecule has 28 heavy (non-hydrogen) atoms. The van der Waals surface area contributed by atoms with Gasteiger partial charge < -0.3 is 10.6 Å². The molecule has 1 aromatic heterocycles. The lowest BCUT2D eigenvalue weighted by Gasteiger charge is -2.07. The highest BCUT2D eigenvalue weighted by Gasteiger charge is 2.07. The number of anilines is 1. The van der Waals surface area contributed by atoms with E-state index in [1.165, 1.54) is 24.5 Å². The van der Waals surface area contributed by atoms with Gasteiger partial charge in [-0.2, -0.15) is 0 Å². The molecule has 3 rings (SSSR count). The van der Waals surface area contributed by atoms with Crippen LogP contribution >= 0.6 is 11.6 Å². The summed E-state index contributed by atoms with van der Waals surface area (Å²) in [6.07, 6.45) is 4.38. The number of carbonyl (C=O) groups excluding carboxylic acids is 1. The summed E-state index contributed by atoms with van der Waals surface area (Å²) in [5.74, 6) is -0.0287. The average molecular weight is 399 g/mol. The number of benzene rings is 2. The summed E-state index contributed by atoms with van der Waals surface area (Å²) in [6, 6.07) is 13.9. The molecule has 0 saturated heterocycles. The van der Waals surface area contributed by atoms with Crippen LogP contribution in [0.4, 0.5) is 10.3 Å². The zero-order chi connectivity index (χ0) is 19.8. The molecule has 1 amide bonds. The number of aromatic nitrogens is 2. The zero-order valence-corrected chi connectivity index (χ0v) is 15.9. The number of halogens is 2. The van der Waals surface area contributed by atoms with Gasteiger partial charge in [-0.25, -0.2) is 14.4 Å². The minimum Gasteiger partial charge on any atom is -0.354 e. The number of amides is 1. The molecule has 0 saturated carbocycles. The molecule has 3 aromatic rings. The maximum absolute atomic E-state index is 12.9. The van der Waals surface area contributed by atoms with Crippen LogP contribution in [-0.4, -0.2) is 29.0 Å². The Morgan fingerprint density at radius 3 is 2.39 bits per heavy atom. The van der Waals surface area contributed by atoms with Crippen LogP contribution in [0.2, 0.25) is 5.02 Å². The second-order valence-corrected chi connectivity index (χ2v) is 6.67. The van der Waals surface area contributed by atoms with Gasteiger partial charge in [-0.3, -0.25) is 4.79 Å². The largest absolute Gasteiger partial charge is 0.354 e. The highest BCUT2D eigenvalue weighted by Crippen LogP contribution is 2.11. The van der Waals surface area contributed by atoms with E-state index in [4.69, 9.17) is 11.6 Å². The van der Waals surface area contributed by atoms with Crippen molar-refractivity contribution in [2.45, 2.75) is 12.8 Å². The fourth-order valence-electron chi connectivity index (χ4n) is 2.62. The van der Waals surface area contributed by atoms with Crippen LogP contribution in [0.3, 0.4) is 0 Å². The molecule has 144 valence electrons. The topological polar surface area (TPSA) is 66.9 Å². The molecular weight excluding hydrogens is 379 g/mol. The van der Waals surface area contributed by atoms with Crippen LogP contribution < -0.4 is 10.6 Å². The number of carbonyl (C=O) groups is 1. The van der Waals surface area contributed by atoms with Crippen molar-refractivity contribution in [1.29, 1.82) is 0 Å². The summed E-state index contributed by atoms with van der Waals surface area (Å²) >= 11 is 5.95. The molecule has 2 N–H and O–H groups in total. The van der Waals surface area contributed by atoms with Gasteiger partial charge >= 0.3 is 0 Å². The molecule has 0 radical (unpaired) electrons. The number of rotatable bonds is 8. The van der Waals surface area contributed by atoms with Gasteiger partial charge in [0.25, 0.3) is 5.91 Å². The molecule has 0 bridgehead atoms. The van der Waals surface area contributed by atoms with E-state index in [-0.39, 0.29) is 11.7 Å². The van der Waals surface area contributed by atoms with E-state index >= 15 is 0 Å². The van der Waals surface area contributed by atoms with Crippen LogP contribution in [0, 0.1) is 5.82 Å². The third-order valence-corrected chi connectivity index (χ3v) is 4.35. The van der Waals surface area contributed by atoms with Crippen LogP contribution in [0.1, 0.15) is 21.5 Å². The van der Waals surface area contributed by atoms with E-state index in [9.17, 15) is 9.18 Å². The van der Waals surface area contributed by atoms with Gasteiger partial charge in [0.05, 0.1) is 5.56 Å². The molecule has 0 aliphatic rings. The smallest absolute Gasteiger partial charge is 0.254 e. The van der Waals surface area contributed by atoms with E-state index in [1.807, 2.05) is 24.3 Å². The lowest BCUT2D eigenvalue weighted by molar-refractivity contribution is 0.0953. The van der Waals surface area contributed by atoms with Crippen LogP contribution in [0.25, 0.3) is 0 Å². The standard InChI is InChI=1S/C21H20ClFN4O/c22-18-3-1-2-16(12-18)9-10-24-20(28)17-13-26-21(27-14-17)25-11-8-15-4-6-19(23)7-5-15/h1-7,12-14H,8-11H2,(H,24,28)(H,25,26,27). The first kappa shape index (κ1) is 19.8. The van der Waals surface area contributed by atoms with Crippen molar-refractivity contribution in [3.05, 3.63) is 88.5 Å². The Morgan fingerprint density at radius 1 is 0.964 bits per heavy atom. The molecule has 1 heterocycles. The van der Waals surface area contributed by atoms with Crippen molar-refractivity contribution in [3.63, 3.8) is 0 Å². The number of hydrogen-bond acceptors (Lipinski definition) is 4. The van der Waals surface area contributed by atoms with E-state index in [1.54, 1.807) is 12.1 Å². The van der Waals surface area contributed by atoms with E-state index in [0.29, 0.717) is 36.0 Å². The van der Waals surface area contributed by atoms with Crippen LogP contribution in [0.15, 0.2) is 60.9 Å². The van der Waals surface area contributed by atoms with E-state index in [2.05, 4.69) is 20.6 Å². The SMILES string of the molecule is O=C(NCCc1cccc(Cl)c1)c1cnc(NCCc2ccc(F)cc2)nc1. The van der Waals surface area contributed by atoms with Gasteiger partial charge in [0.1, 0.15) is 5.82 Å². The van der Waals surface area contributed by atoms with Gasteiger partial charge in [0, 0.05) is 30.5 Å². The summed E-state index contributed by atoms with van der Waals surface area (Å²) < 4.78 is 12.9. The molecule has 0 aliphatic heterocycles. The molecule has 0 spiro atoms. The predicted molar refractivity (Wildman–Crippen MR) is 108 cm³/mol. The monoisotopic (exact) mass is 398 g/mol. The lowest BCUT2D eigenvalue weighted by atomic mass is 10.1. The highest BCUT2D eigenvalue weighted by molar-refractivity contribution is 6.30. The Hall–Kier alpha value is -2.99. The molecule has 0 atom stereocenters. The second kappa shape index (κ2) is 9.80. The first-order valence-corrected chi connectivity index (χ1v) is 9.31. The van der Waals surface area contributed by atoms with Crippen molar-refractivity contribution in [2.24, 2.45) is 0 Å². The van der Waals surface area contributed by atoms with E-state index < -0.39 is 0 Å². The van der Waals surface area contributed by atoms with Crippen LogP contribution in [0.5, 0.6) is 0 Å². The Bertz CT molecular complexity index is 916. The van der Waals surface area contributed by atoms with Crippen molar-refractivity contribution < 1.29 is 9.18 Å². The Morgan fingerprint density at radius 2 is 1.68 bits per heavy atom. The summed E-state index contributed by atoms with van der Waals surface area (Å²) in [5.41, 5.74) is 2.48. The molecule has 7 heteroatoms. The predicted octanol–water partition coefficient (Wildman–Crippen LogP) is 3.90. The third-order valence-electron chi connectivity index (χ3n) is 4.11. The van der Waals surface area contributed by atoms with Gasteiger partial charge in [-0.15, -0.1) is 0 Å². The maximum atomic E-state index is 12.9. The summed E-state index contributed by atoms with van der Waals surface area (Å²) in [4.78, 5) is 20.5. The highest BCUT2D eigenvalue weighted by atomic mass is 35.5. The van der Waals surface area contributed by atoms with Crippen molar-refractivity contribution in [2.75, 3.05) is 18.4 Å². The Labute approximate surface area is 168 Å². The summed E-state index contributed by atoms with van der Waals surface area (Å²) in [7, 11) is 0. The molecule has 0 fully saturated rings. The number of nitrogens with zero attached hydrogens (tertiary/aromatic N) is 2. The molecule has 0 aliphatic carbocycles. The fraction of sp³-hybridized carbons (Fsp3) is 0.190. The normalized spacial score (nSPS) is 10.5. The average Bonchev–Trinajstić information content (AvgIpc) is 2.70.